The fraction of sp³-hybridized carbons (Fsp3) is 0.778. The van der Waals surface area contributed by atoms with Crippen molar-refractivity contribution in [1.29, 1.82) is 0 Å². The Morgan fingerprint density at radius 3 is 3.28 bits per heavy atom. The molecule has 1 fully saturated rings. The molecule has 0 bridgehead atoms. The Balaban J connectivity index is 1.85. The summed E-state index contributed by atoms with van der Waals surface area (Å²) in [4.78, 5) is 11.1. The molecule has 8 nitrogen and oxygen atoms in total. The van der Waals surface area contributed by atoms with Crippen molar-refractivity contribution in [1.82, 2.24) is 20.2 Å². The first-order valence-electron chi connectivity index (χ1n) is 5.44. The van der Waals surface area contributed by atoms with E-state index in [4.69, 9.17) is 9.47 Å². The van der Waals surface area contributed by atoms with Gasteiger partial charge in [0.25, 0.3) is 0 Å². The van der Waals surface area contributed by atoms with Gasteiger partial charge in [-0.1, -0.05) is 11.8 Å². The van der Waals surface area contributed by atoms with Gasteiger partial charge in [-0.2, -0.15) is 0 Å². The van der Waals surface area contributed by atoms with Gasteiger partial charge in [0.05, 0.1) is 19.8 Å². The highest BCUT2D eigenvalue weighted by Gasteiger charge is 2.17. The van der Waals surface area contributed by atoms with Crippen LogP contribution in [0.1, 0.15) is 6.42 Å². The Morgan fingerprint density at radius 2 is 2.56 bits per heavy atom. The van der Waals surface area contributed by atoms with Gasteiger partial charge in [-0.3, -0.25) is 4.79 Å². The molecule has 1 unspecified atom stereocenters. The number of nitrogens with zero attached hydrogens (tertiary/aromatic N) is 4. The minimum Gasteiger partial charge on any atom is -0.468 e. The maximum atomic E-state index is 11.1. The third-order valence-electron chi connectivity index (χ3n) is 2.38. The van der Waals surface area contributed by atoms with Crippen LogP contribution in [0.2, 0.25) is 0 Å². The lowest BCUT2D eigenvalue weighted by molar-refractivity contribution is -0.141. The summed E-state index contributed by atoms with van der Waals surface area (Å²) in [7, 11) is 1.33. The van der Waals surface area contributed by atoms with Crippen LogP contribution in [0.25, 0.3) is 0 Å². The van der Waals surface area contributed by atoms with E-state index in [2.05, 4.69) is 20.3 Å². The molecule has 0 saturated carbocycles. The molecule has 1 aromatic heterocycles. The summed E-state index contributed by atoms with van der Waals surface area (Å²) >= 11 is 1.45. The van der Waals surface area contributed by atoms with Gasteiger partial charge in [0.1, 0.15) is 13.3 Å². The van der Waals surface area contributed by atoms with Crippen molar-refractivity contribution in [3.05, 3.63) is 0 Å². The van der Waals surface area contributed by atoms with E-state index in [9.17, 15) is 4.79 Å². The number of carbonyl (C=O) groups is 1. The van der Waals surface area contributed by atoms with E-state index in [1.165, 1.54) is 23.6 Å². The number of aromatic nitrogens is 4. The molecular formula is C9H14N4O4S. The minimum absolute atomic E-state index is 0.0144. The summed E-state index contributed by atoms with van der Waals surface area (Å²) in [6.07, 6.45) is 0.984. The zero-order valence-corrected chi connectivity index (χ0v) is 10.8. The zero-order chi connectivity index (χ0) is 12.8. The summed E-state index contributed by atoms with van der Waals surface area (Å²) in [5, 5.41) is 11.7. The number of hydrogen-bond donors (Lipinski definition) is 0. The second-order valence-electron chi connectivity index (χ2n) is 3.61. The quantitative estimate of drug-likeness (QED) is 0.534. The van der Waals surface area contributed by atoms with Crippen LogP contribution >= 0.6 is 11.8 Å². The fourth-order valence-corrected chi connectivity index (χ4v) is 2.33. The molecule has 0 spiro atoms. The Kier molecular flexibility index (Phi) is 4.90. The third kappa shape index (κ3) is 3.65. The lowest BCUT2D eigenvalue weighted by Crippen LogP contribution is -2.25. The number of ether oxygens (including phenoxy) is 3. The van der Waals surface area contributed by atoms with Gasteiger partial charge in [-0.05, 0) is 16.8 Å². The Hall–Kier alpha value is -1.19. The topological polar surface area (TPSA) is 88.4 Å². The predicted octanol–water partition coefficient (Wildman–Crippen LogP) is -0.299. The highest BCUT2D eigenvalue weighted by Crippen LogP contribution is 2.19. The molecule has 0 amide bonds. The molecule has 1 aliphatic rings. The van der Waals surface area contributed by atoms with Crippen LogP contribution in [0.4, 0.5) is 0 Å². The molecule has 2 rings (SSSR count). The van der Waals surface area contributed by atoms with Crippen LogP contribution in [0.5, 0.6) is 0 Å². The molecule has 0 radical (unpaired) electrons. The summed E-state index contributed by atoms with van der Waals surface area (Å²) < 4.78 is 16.5. The van der Waals surface area contributed by atoms with Gasteiger partial charge in [0.2, 0.25) is 5.16 Å². The van der Waals surface area contributed by atoms with E-state index in [0.29, 0.717) is 18.6 Å². The van der Waals surface area contributed by atoms with E-state index in [1.54, 1.807) is 0 Å². The summed E-state index contributed by atoms with van der Waals surface area (Å²) in [5.41, 5.74) is 0. The normalized spacial score (nSPS) is 19.7. The monoisotopic (exact) mass is 274 g/mol. The van der Waals surface area contributed by atoms with E-state index in [0.717, 1.165) is 12.2 Å². The van der Waals surface area contributed by atoms with Crippen molar-refractivity contribution in [2.45, 2.75) is 24.2 Å². The lowest BCUT2D eigenvalue weighted by atomic mass is 10.3. The first-order valence-corrected chi connectivity index (χ1v) is 6.43. The number of tetrazole rings is 1. The second kappa shape index (κ2) is 6.66. The Bertz CT molecular complexity index is 394. The number of rotatable bonds is 5. The van der Waals surface area contributed by atoms with Crippen LogP contribution in [-0.2, 0) is 25.5 Å². The van der Waals surface area contributed by atoms with Gasteiger partial charge in [0.15, 0.2) is 0 Å². The smallest absolute Gasteiger partial charge is 0.327 e. The van der Waals surface area contributed by atoms with Crippen LogP contribution < -0.4 is 0 Å². The molecule has 1 aromatic rings. The van der Waals surface area contributed by atoms with Gasteiger partial charge in [-0.15, -0.1) is 5.10 Å². The van der Waals surface area contributed by atoms with Crippen molar-refractivity contribution in [3.8, 4) is 0 Å². The van der Waals surface area contributed by atoms with Crippen molar-refractivity contribution in [2.24, 2.45) is 0 Å². The molecule has 1 aliphatic heterocycles. The van der Waals surface area contributed by atoms with Gasteiger partial charge >= 0.3 is 5.97 Å². The summed E-state index contributed by atoms with van der Waals surface area (Å²) in [6.45, 7) is 1.05. The minimum atomic E-state index is -0.383. The highest BCUT2D eigenvalue weighted by atomic mass is 32.2. The number of hydrogen-bond acceptors (Lipinski definition) is 8. The SMILES string of the molecule is COC(=O)Cn1nnnc1SCC1CCOCO1. The predicted molar refractivity (Wildman–Crippen MR) is 60.9 cm³/mol. The molecule has 1 atom stereocenters. The van der Waals surface area contributed by atoms with Crippen molar-refractivity contribution < 1.29 is 19.0 Å². The van der Waals surface area contributed by atoms with Gasteiger partial charge < -0.3 is 14.2 Å². The number of esters is 1. The Morgan fingerprint density at radius 1 is 1.67 bits per heavy atom. The average molecular weight is 274 g/mol. The van der Waals surface area contributed by atoms with E-state index in [-0.39, 0.29) is 18.6 Å². The second-order valence-corrected chi connectivity index (χ2v) is 4.60. The molecule has 1 saturated heterocycles. The fourth-order valence-electron chi connectivity index (χ4n) is 1.39. The standard InChI is InChI=1S/C9H14N4O4S/c1-15-8(14)4-13-9(10-11-12-13)18-5-7-2-3-16-6-17-7/h7H,2-6H2,1H3. The molecule has 0 aliphatic carbocycles. The summed E-state index contributed by atoms with van der Waals surface area (Å²) in [5.74, 6) is 0.344. The first kappa shape index (κ1) is 13.2. The maximum absolute atomic E-state index is 11.1. The molecule has 18 heavy (non-hydrogen) atoms. The van der Waals surface area contributed by atoms with Gasteiger partial charge in [0, 0.05) is 5.75 Å². The molecule has 9 heteroatoms. The number of methoxy groups -OCH3 is 1. The van der Waals surface area contributed by atoms with Crippen molar-refractivity contribution in [3.63, 3.8) is 0 Å². The maximum Gasteiger partial charge on any atom is 0.327 e. The molecule has 0 aromatic carbocycles. The van der Waals surface area contributed by atoms with Crippen molar-refractivity contribution in [2.75, 3.05) is 26.3 Å². The van der Waals surface area contributed by atoms with Gasteiger partial charge in [-0.25, -0.2) is 4.68 Å². The van der Waals surface area contributed by atoms with Crippen LogP contribution in [0.15, 0.2) is 5.16 Å². The average Bonchev–Trinajstić information content (AvgIpc) is 2.84. The number of carbonyl (C=O) groups excluding carboxylic acids is 1. The van der Waals surface area contributed by atoms with Crippen molar-refractivity contribution >= 4 is 17.7 Å². The number of thioether (sulfide) groups is 1. The van der Waals surface area contributed by atoms with E-state index in [1.807, 2.05) is 0 Å². The Labute approximate surface area is 108 Å². The molecule has 2 heterocycles. The highest BCUT2D eigenvalue weighted by molar-refractivity contribution is 7.99. The molecule has 100 valence electrons. The summed E-state index contributed by atoms with van der Waals surface area (Å²) in [6, 6.07) is 0. The third-order valence-corrected chi connectivity index (χ3v) is 3.46. The first-order chi connectivity index (χ1) is 8.79. The molecule has 0 N–H and O–H groups in total. The van der Waals surface area contributed by atoms with Crippen LogP contribution in [0.3, 0.4) is 0 Å². The van der Waals surface area contributed by atoms with E-state index >= 15 is 0 Å². The van der Waals surface area contributed by atoms with E-state index < -0.39 is 0 Å². The largest absolute Gasteiger partial charge is 0.468 e. The molecular weight excluding hydrogens is 260 g/mol. The zero-order valence-electron chi connectivity index (χ0n) is 9.94. The lowest BCUT2D eigenvalue weighted by Gasteiger charge is -2.21. The van der Waals surface area contributed by atoms with Crippen LogP contribution in [0, 0.1) is 0 Å². The van der Waals surface area contributed by atoms with Crippen LogP contribution in [-0.4, -0.2) is 58.5 Å².